The first-order valence-electron chi connectivity index (χ1n) is 7.47. The van der Waals surface area contributed by atoms with E-state index in [9.17, 15) is 9.59 Å². The summed E-state index contributed by atoms with van der Waals surface area (Å²) in [6, 6.07) is 14.1. The number of hydrogen-bond donors (Lipinski definition) is 1. The minimum atomic E-state index is -0.440. The highest BCUT2D eigenvalue weighted by molar-refractivity contribution is 6.42. The number of rotatable bonds is 6. The van der Waals surface area contributed by atoms with Gasteiger partial charge in [-0.15, -0.1) is 0 Å². The average Bonchev–Trinajstić information content (AvgIpc) is 2.58. The van der Waals surface area contributed by atoms with E-state index in [0.717, 1.165) is 5.56 Å². The van der Waals surface area contributed by atoms with Crippen molar-refractivity contribution in [3.05, 3.63) is 64.1 Å². The first-order chi connectivity index (χ1) is 11.5. The molecule has 2 aromatic rings. The van der Waals surface area contributed by atoms with E-state index < -0.39 is 11.9 Å². The minimum absolute atomic E-state index is 0.335. The summed E-state index contributed by atoms with van der Waals surface area (Å²) >= 11 is 11.7. The zero-order chi connectivity index (χ0) is 17.5. The standard InChI is InChI=1S/C18H17Cl2NO3/c1-2-14(12-6-4-3-5-7-12)18(23)24-11-17(22)21-13-8-9-15(19)16(20)10-13/h3-10,14H,2,11H2,1H3,(H,21,22)/t14-/m1/s1. The molecule has 0 unspecified atom stereocenters. The summed E-state index contributed by atoms with van der Waals surface area (Å²) in [5.41, 5.74) is 1.36. The van der Waals surface area contributed by atoms with Gasteiger partial charge in [0.1, 0.15) is 0 Å². The Balaban J connectivity index is 1.90. The first-order valence-corrected chi connectivity index (χ1v) is 8.23. The van der Waals surface area contributed by atoms with E-state index in [1.165, 1.54) is 6.07 Å². The quantitative estimate of drug-likeness (QED) is 0.756. The third-order valence-electron chi connectivity index (χ3n) is 3.44. The van der Waals surface area contributed by atoms with Crippen LogP contribution in [0.3, 0.4) is 0 Å². The summed E-state index contributed by atoms with van der Waals surface area (Å²) in [4.78, 5) is 24.1. The Kier molecular flexibility index (Phi) is 6.64. The van der Waals surface area contributed by atoms with Crippen LogP contribution in [0, 0.1) is 0 Å². The molecule has 2 aromatic carbocycles. The molecule has 0 radical (unpaired) electrons. The van der Waals surface area contributed by atoms with E-state index in [-0.39, 0.29) is 12.5 Å². The summed E-state index contributed by atoms with van der Waals surface area (Å²) in [5.74, 6) is -1.25. The van der Waals surface area contributed by atoms with E-state index in [0.29, 0.717) is 22.2 Å². The summed E-state index contributed by atoms with van der Waals surface area (Å²) in [5, 5.41) is 3.34. The van der Waals surface area contributed by atoms with Gasteiger partial charge in [0.15, 0.2) is 6.61 Å². The van der Waals surface area contributed by atoms with Crippen molar-refractivity contribution in [1.82, 2.24) is 0 Å². The molecule has 0 fully saturated rings. The highest BCUT2D eigenvalue weighted by atomic mass is 35.5. The molecule has 0 saturated heterocycles. The third kappa shape index (κ3) is 4.98. The van der Waals surface area contributed by atoms with Gasteiger partial charge in [-0.05, 0) is 30.2 Å². The lowest BCUT2D eigenvalue weighted by atomic mass is 9.97. The summed E-state index contributed by atoms with van der Waals surface area (Å²) < 4.78 is 5.13. The number of benzene rings is 2. The SMILES string of the molecule is CC[C@@H](C(=O)OCC(=O)Nc1ccc(Cl)c(Cl)c1)c1ccccc1. The lowest BCUT2D eigenvalue weighted by molar-refractivity contribution is -0.149. The van der Waals surface area contributed by atoms with Gasteiger partial charge in [-0.2, -0.15) is 0 Å². The number of amides is 1. The second-order valence-electron chi connectivity index (χ2n) is 5.16. The Morgan fingerprint density at radius 3 is 2.42 bits per heavy atom. The Morgan fingerprint density at radius 1 is 1.08 bits per heavy atom. The number of nitrogens with one attached hydrogen (secondary N) is 1. The van der Waals surface area contributed by atoms with Crippen molar-refractivity contribution in [3.63, 3.8) is 0 Å². The molecule has 1 atom stereocenters. The van der Waals surface area contributed by atoms with Crippen LogP contribution in [0.2, 0.25) is 10.0 Å². The average molecular weight is 366 g/mol. The lowest BCUT2D eigenvalue weighted by Gasteiger charge is -2.14. The molecule has 24 heavy (non-hydrogen) atoms. The van der Waals surface area contributed by atoms with Crippen molar-refractivity contribution < 1.29 is 14.3 Å². The van der Waals surface area contributed by atoms with Crippen molar-refractivity contribution in [2.45, 2.75) is 19.3 Å². The van der Waals surface area contributed by atoms with Crippen molar-refractivity contribution >= 4 is 40.8 Å². The maximum absolute atomic E-state index is 12.2. The number of esters is 1. The van der Waals surface area contributed by atoms with Crippen molar-refractivity contribution in [2.24, 2.45) is 0 Å². The summed E-state index contributed by atoms with van der Waals surface area (Å²) in [7, 11) is 0. The maximum atomic E-state index is 12.2. The predicted octanol–water partition coefficient (Wildman–Crippen LogP) is 4.67. The molecule has 0 aliphatic heterocycles. The van der Waals surface area contributed by atoms with E-state index >= 15 is 0 Å². The Bertz CT molecular complexity index is 719. The Morgan fingerprint density at radius 2 is 1.79 bits per heavy atom. The molecule has 1 N–H and O–H groups in total. The Hall–Kier alpha value is -2.04. The van der Waals surface area contributed by atoms with Crippen LogP contribution in [-0.2, 0) is 14.3 Å². The van der Waals surface area contributed by atoms with Crippen LogP contribution in [0.1, 0.15) is 24.8 Å². The molecule has 4 nitrogen and oxygen atoms in total. The largest absolute Gasteiger partial charge is 0.455 e. The Labute approximate surface area is 150 Å². The first kappa shape index (κ1) is 18.3. The van der Waals surface area contributed by atoms with Crippen molar-refractivity contribution in [3.8, 4) is 0 Å². The van der Waals surface area contributed by atoms with Gasteiger partial charge in [0.25, 0.3) is 5.91 Å². The van der Waals surface area contributed by atoms with Gasteiger partial charge in [-0.3, -0.25) is 9.59 Å². The topological polar surface area (TPSA) is 55.4 Å². The molecule has 6 heteroatoms. The van der Waals surface area contributed by atoms with Gasteiger partial charge in [0, 0.05) is 5.69 Å². The van der Waals surface area contributed by atoms with Crippen LogP contribution in [0.25, 0.3) is 0 Å². The fourth-order valence-corrected chi connectivity index (χ4v) is 2.53. The number of carbonyl (C=O) groups excluding carboxylic acids is 2. The second-order valence-corrected chi connectivity index (χ2v) is 5.97. The van der Waals surface area contributed by atoms with Gasteiger partial charge in [-0.25, -0.2) is 0 Å². The molecule has 1 amide bonds. The minimum Gasteiger partial charge on any atom is -0.455 e. The molecule has 0 heterocycles. The summed E-state index contributed by atoms with van der Waals surface area (Å²) in [6.45, 7) is 1.54. The number of anilines is 1. The van der Waals surface area contributed by atoms with Gasteiger partial charge in [0.05, 0.1) is 16.0 Å². The molecular weight excluding hydrogens is 349 g/mol. The van der Waals surface area contributed by atoms with Crippen molar-refractivity contribution in [2.75, 3.05) is 11.9 Å². The second kappa shape index (κ2) is 8.71. The van der Waals surface area contributed by atoms with E-state index in [1.54, 1.807) is 12.1 Å². The molecule has 0 saturated carbocycles. The lowest BCUT2D eigenvalue weighted by Crippen LogP contribution is -2.23. The highest BCUT2D eigenvalue weighted by Crippen LogP contribution is 2.25. The zero-order valence-corrected chi connectivity index (χ0v) is 14.6. The van der Waals surface area contributed by atoms with Crippen LogP contribution in [0.4, 0.5) is 5.69 Å². The fraction of sp³-hybridized carbons (Fsp3) is 0.222. The van der Waals surface area contributed by atoms with Crippen LogP contribution in [-0.4, -0.2) is 18.5 Å². The van der Waals surface area contributed by atoms with Gasteiger partial charge in [-0.1, -0.05) is 60.5 Å². The van der Waals surface area contributed by atoms with E-state index in [1.807, 2.05) is 37.3 Å². The van der Waals surface area contributed by atoms with Crippen molar-refractivity contribution in [1.29, 1.82) is 0 Å². The summed E-state index contributed by atoms with van der Waals surface area (Å²) in [6.07, 6.45) is 0.595. The normalized spacial score (nSPS) is 11.6. The van der Waals surface area contributed by atoms with E-state index in [4.69, 9.17) is 27.9 Å². The molecule has 0 aromatic heterocycles. The molecule has 0 aliphatic carbocycles. The van der Waals surface area contributed by atoms with Gasteiger partial charge >= 0.3 is 5.97 Å². The number of carbonyl (C=O) groups is 2. The van der Waals surface area contributed by atoms with Crippen LogP contribution in [0.5, 0.6) is 0 Å². The number of hydrogen-bond acceptors (Lipinski definition) is 3. The predicted molar refractivity (Wildman–Crippen MR) is 95.5 cm³/mol. The highest BCUT2D eigenvalue weighted by Gasteiger charge is 2.21. The van der Waals surface area contributed by atoms with Crippen LogP contribution in [0.15, 0.2) is 48.5 Å². The van der Waals surface area contributed by atoms with Crippen LogP contribution < -0.4 is 5.32 Å². The monoisotopic (exact) mass is 365 g/mol. The molecule has 2 rings (SSSR count). The third-order valence-corrected chi connectivity index (χ3v) is 4.18. The fourth-order valence-electron chi connectivity index (χ4n) is 2.23. The zero-order valence-electron chi connectivity index (χ0n) is 13.1. The van der Waals surface area contributed by atoms with E-state index in [2.05, 4.69) is 5.32 Å². The number of halogens is 2. The molecular formula is C18H17Cl2NO3. The molecule has 0 bridgehead atoms. The maximum Gasteiger partial charge on any atom is 0.313 e. The smallest absolute Gasteiger partial charge is 0.313 e. The van der Waals surface area contributed by atoms with Crippen LogP contribution >= 0.6 is 23.2 Å². The van der Waals surface area contributed by atoms with Gasteiger partial charge in [0.2, 0.25) is 0 Å². The molecule has 0 aliphatic rings. The molecule has 0 spiro atoms. The molecule has 126 valence electrons. The number of ether oxygens (including phenoxy) is 1. The van der Waals surface area contributed by atoms with Gasteiger partial charge < -0.3 is 10.1 Å².